The fourth-order valence-corrected chi connectivity index (χ4v) is 5.20. The van der Waals surface area contributed by atoms with E-state index in [2.05, 4.69) is 9.97 Å². The van der Waals surface area contributed by atoms with Crippen molar-refractivity contribution in [1.29, 1.82) is 0 Å². The van der Waals surface area contributed by atoms with Gasteiger partial charge in [-0.1, -0.05) is 59.1 Å². The molecule has 35 heavy (non-hydrogen) atoms. The van der Waals surface area contributed by atoms with Gasteiger partial charge >= 0.3 is 5.30 Å². The Bertz CT molecular complexity index is 1370. The molecule has 1 heterocycles. The highest BCUT2D eigenvalue weighted by Crippen LogP contribution is 2.34. The van der Waals surface area contributed by atoms with Crippen molar-refractivity contribution in [3.8, 4) is 22.5 Å². The van der Waals surface area contributed by atoms with E-state index < -0.39 is 15.1 Å². The molecule has 180 valence electrons. The molecule has 11 heteroatoms. The molecule has 6 nitrogen and oxygen atoms in total. The fourth-order valence-electron chi connectivity index (χ4n) is 3.14. The number of H-pyrrole nitrogens is 1. The van der Waals surface area contributed by atoms with E-state index in [1.54, 1.807) is 24.3 Å². The molecule has 0 fully saturated rings. The number of nitrogens with zero attached hydrogens (tertiary/aromatic N) is 1. The lowest BCUT2D eigenvalue weighted by Gasteiger charge is -2.05. The first-order valence-corrected chi connectivity index (χ1v) is 13.8. The van der Waals surface area contributed by atoms with Crippen LogP contribution in [0, 0.1) is 0 Å². The Morgan fingerprint density at radius 1 is 0.829 bits per heavy atom. The minimum absolute atomic E-state index is 0.108. The van der Waals surface area contributed by atoms with Crippen LogP contribution < -0.4 is 0 Å². The number of aromatic nitrogens is 2. The van der Waals surface area contributed by atoms with E-state index in [9.17, 15) is 13.2 Å². The topological polar surface area (TPSA) is 89.1 Å². The molecule has 0 aliphatic rings. The van der Waals surface area contributed by atoms with Gasteiger partial charge in [0.15, 0.2) is 15.0 Å². The first-order valence-electron chi connectivity index (χ1n) is 10.2. The highest BCUT2D eigenvalue weighted by atomic mass is 35.5. The van der Waals surface area contributed by atoms with Gasteiger partial charge < -0.3 is 9.72 Å². The molecule has 0 aliphatic heterocycles. The number of carbonyl (C=O) groups is 1. The van der Waals surface area contributed by atoms with Crippen LogP contribution >= 0.6 is 46.6 Å². The molecule has 0 amide bonds. The number of thioether (sulfide) groups is 1. The highest BCUT2D eigenvalue weighted by molar-refractivity contribution is 8.13. The SMILES string of the molecule is O=C(OCCS(=O)(=O)c1ccc(Cl)cc1)Sc1nc(-c2ccc(Cl)cc2)c(-c2ccc(Cl)cc2)[nH]1. The number of hydrogen-bond donors (Lipinski definition) is 1. The van der Waals surface area contributed by atoms with Gasteiger partial charge in [-0.05, 0) is 48.5 Å². The van der Waals surface area contributed by atoms with Gasteiger partial charge in [-0.25, -0.2) is 18.2 Å². The maximum Gasteiger partial charge on any atom is 0.375 e. The van der Waals surface area contributed by atoms with E-state index in [1.165, 1.54) is 24.3 Å². The number of halogens is 3. The molecule has 0 spiro atoms. The maximum atomic E-state index is 12.4. The zero-order valence-electron chi connectivity index (χ0n) is 17.9. The quantitative estimate of drug-likeness (QED) is 0.185. The second-order valence-electron chi connectivity index (χ2n) is 7.25. The van der Waals surface area contributed by atoms with Gasteiger partial charge in [0.05, 0.1) is 22.0 Å². The summed E-state index contributed by atoms with van der Waals surface area (Å²) in [4.78, 5) is 20.2. The van der Waals surface area contributed by atoms with Crippen molar-refractivity contribution in [3.63, 3.8) is 0 Å². The third-order valence-corrected chi connectivity index (χ3v) is 7.98. The summed E-state index contributed by atoms with van der Waals surface area (Å²) < 4.78 is 30.0. The molecular weight excluding hydrogens is 551 g/mol. The molecule has 4 aromatic rings. The lowest BCUT2D eigenvalue weighted by molar-refractivity contribution is 0.182. The Balaban J connectivity index is 1.48. The number of hydrogen-bond acceptors (Lipinski definition) is 6. The van der Waals surface area contributed by atoms with Gasteiger partial charge in [-0.15, -0.1) is 0 Å². The first-order chi connectivity index (χ1) is 16.7. The summed E-state index contributed by atoms with van der Waals surface area (Å²) in [7, 11) is -3.62. The van der Waals surface area contributed by atoms with Crippen LogP contribution in [0.15, 0.2) is 82.8 Å². The molecule has 0 saturated carbocycles. The third kappa shape index (κ3) is 6.59. The minimum atomic E-state index is -3.62. The molecule has 0 saturated heterocycles. The number of rotatable bonds is 7. The van der Waals surface area contributed by atoms with Crippen molar-refractivity contribution in [1.82, 2.24) is 9.97 Å². The molecule has 4 rings (SSSR count). The van der Waals surface area contributed by atoms with Crippen LogP contribution in [0.4, 0.5) is 4.79 Å². The largest absolute Gasteiger partial charge is 0.456 e. The van der Waals surface area contributed by atoms with Gasteiger partial charge in [0.25, 0.3) is 0 Å². The Kier molecular flexibility index (Phi) is 8.09. The molecule has 1 N–H and O–H groups in total. The Labute approximate surface area is 221 Å². The summed E-state index contributed by atoms with van der Waals surface area (Å²) in [6.07, 6.45) is 0. The number of sulfone groups is 1. The number of carbonyl (C=O) groups excluding carboxylic acids is 1. The number of nitrogens with one attached hydrogen (secondary N) is 1. The molecule has 3 aromatic carbocycles. The minimum Gasteiger partial charge on any atom is -0.456 e. The van der Waals surface area contributed by atoms with Crippen molar-refractivity contribution in [2.75, 3.05) is 12.4 Å². The second kappa shape index (κ2) is 11.1. The van der Waals surface area contributed by atoms with Gasteiger partial charge in [-0.2, -0.15) is 0 Å². The van der Waals surface area contributed by atoms with Gasteiger partial charge in [0, 0.05) is 38.0 Å². The molecule has 1 aromatic heterocycles. The van der Waals surface area contributed by atoms with Crippen LogP contribution in [0.5, 0.6) is 0 Å². The zero-order chi connectivity index (χ0) is 25.0. The summed E-state index contributed by atoms with van der Waals surface area (Å²) >= 11 is 18.6. The fraction of sp³-hybridized carbons (Fsp3) is 0.0833. The summed E-state index contributed by atoms with van der Waals surface area (Å²) in [6, 6.07) is 20.1. The number of aromatic amines is 1. The maximum absolute atomic E-state index is 12.4. The monoisotopic (exact) mass is 566 g/mol. The van der Waals surface area contributed by atoms with E-state index in [0.29, 0.717) is 31.6 Å². The first kappa shape index (κ1) is 25.6. The van der Waals surface area contributed by atoms with E-state index in [0.717, 1.165) is 22.9 Å². The standard InChI is InChI=1S/C24H17Cl3N2O4S2/c25-17-5-1-15(2-6-17)21-22(16-3-7-18(26)8-4-16)29-23(28-21)34-24(30)33-13-14-35(31,32)20-11-9-19(27)10-12-20/h1-12H,13-14H2,(H,28,29). The summed E-state index contributed by atoms with van der Waals surface area (Å²) in [5, 5.41) is 1.22. The van der Waals surface area contributed by atoms with E-state index in [4.69, 9.17) is 39.5 Å². The van der Waals surface area contributed by atoms with Crippen LogP contribution in [-0.4, -0.2) is 36.0 Å². The molecule has 0 unspecified atom stereocenters. The Morgan fingerprint density at radius 2 is 1.34 bits per heavy atom. The predicted molar refractivity (Wildman–Crippen MR) is 140 cm³/mol. The van der Waals surface area contributed by atoms with E-state index in [1.807, 2.05) is 24.3 Å². The van der Waals surface area contributed by atoms with Crippen LogP contribution in [0.1, 0.15) is 0 Å². The molecule has 0 atom stereocenters. The molecule has 0 radical (unpaired) electrons. The molecule has 0 aliphatic carbocycles. The molecular formula is C24H17Cl3N2O4S2. The van der Waals surface area contributed by atoms with Gasteiger partial charge in [-0.3, -0.25) is 0 Å². The highest BCUT2D eigenvalue weighted by Gasteiger charge is 2.19. The average molecular weight is 568 g/mol. The van der Waals surface area contributed by atoms with Crippen molar-refractivity contribution in [2.24, 2.45) is 0 Å². The number of ether oxygens (including phenoxy) is 1. The van der Waals surface area contributed by atoms with Crippen molar-refractivity contribution in [2.45, 2.75) is 10.1 Å². The summed E-state index contributed by atoms with van der Waals surface area (Å²) in [6.45, 7) is -0.300. The summed E-state index contributed by atoms with van der Waals surface area (Å²) in [5.41, 5.74) is 2.92. The number of benzene rings is 3. The molecule has 0 bridgehead atoms. The third-order valence-electron chi connectivity index (χ3n) is 4.86. The van der Waals surface area contributed by atoms with Gasteiger partial charge in [0.2, 0.25) is 0 Å². The normalized spacial score (nSPS) is 11.4. The number of imidazole rings is 1. The smallest absolute Gasteiger partial charge is 0.375 e. The van der Waals surface area contributed by atoms with Crippen molar-refractivity contribution < 1.29 is 17.9 Å². The predicted octanol–water partition coefficient (Wildman–Crippen LogP) is 7.41. The van der Waals surface area contributed by atoms with Crippen LogP contribution in [0.2, 0.25) is 15.1 Å². The van der Waals surface area contributed by atoms with Gasteiger partial charge in [0.1, 0.15) is 6.61 Å². The Hall–Kier alpha value is -2.49. The summed E-state index contributed by atoms with van der Waals surface area (Å²) in [5.74, 6) is -0.356. The van der Waals surface area contributed by atoms with Crippen LogP contribution in [0.25, 0.3) is 22.5 Å². The van der Waals surface area contributed by atoms with E-state index in [-0.39, 0.29) is 17.3 Å². The Morgan fingerprint density at radius 3 is 1.91 bits per heavy atom. The average Bonchev–Trinajstić information content (AvgIpc) is 3.23. The zero-order valence-corrected chi connectivity index (χ0v) is 21.8. The van der Waals surface area contributed by atoms with Crippen molar-refractivity contribution >= 4 is 61.7 Å². The lowest BCUT2D eigenvalue weighted by Crippen LogP contribution is -2.14. The van der Waals surface area contributed by atoms with Crippen molar-refractivity contribution in [3.05, 3.63) is 87.9 Å². The second-order valence-corrected chi connectivity index (χ2v) is 11.6. The van der Waals surface area contributed by atoms with Crippen LogP contribution in [-0.2, 0) is 14.6 Å². The lowest BCUT2D eigenvalue weighted by atomic mass is 10.1. The van der Waals surface area contributed by atoms with E-state index >= 15 is 0 Å². The van der Waals surface area contributed by atoms with Crippen LogP contribution in [0.3, 0.4) is 0 Å².